The van der Waals surface area contributed by atoms with E-state index in [9.17, 15) is 4.79 Å². The molecule has 0 aliphatic heterocycles. The monoisotopic (exact) mass is 281 g/mol. The molecule has 1 aromatic carbocycles. The predicted molar refractivity (Wildman–Crippen MR) is 76.2 cm³/mol. The molecule has 19 heavy (non-hydrogen) atoms. The molecule has 1 aliphatic rings. The third kappa shape index (κ3) is 2.93. The molecule has 0 spiro atoms. The summed E-state index contributed by atoms with van der Waals surface area (Å²) < 4.78 is 5.11. The van der Waals surface area contributed by atoms with Crippen molar-refractivity contribution < 1.29 is 9.53 Å². The molecule has 0 aromatic heterocycles. The van der Waals surface area contributed by atoms with Crippen molar-refractivity contribution in [3.8, 4) is 0 Å². The van der Waals surface area contributed by atoms with Crippen molar-refractivity contribution in [3.63, 3.8) is 0 Å². The molecule has 1 saturated carbocycles. The number of hydrogen-bond donors (Lipinski definition) is 1. The number of benzene rings is 1. The zero-order chi connectivity index (χ0) is 14.1. The second kappa shape index (κ2) is 5.14. The van der Waals surface area contributed by atoms with Crippen molar-refractivity contribution in [2.45, 2.75) is 32.2 Å². The lowest BCUT2D eigenvalue weighted by molar-refractivity contribution is -0.133. The molecule has 0 heterocycles. The van der Waals surface area contributed by atoms with Crippen molar-refractivity contribution in [3.05, 3.63) is 34.9 Å². The lowest BCUT2D eigenvalue weighted by Crippen LogP contribution is -2.45. The normalized spacial score (nSPS) is 17.1. The predicted octanol–water partition coefficient (Wildman–Crippen LogP) is 3.12. The maximum Gasteiger partial charge on any atom is 0.228 e. The van der Waals surface area contributed by atoms with Crippen LogP contribution in [0.15, 0.2) is 24.3 Å². The Morgan fingerprint density at radius 3 is 2.58 bits per heavy atom. The largest absolute Gasteiger partial charge is 0.384 e. The number of ether oxygens (including phenoxy) is 1. The zero-order valence-corrected chi connectivity index (χ0v) is 12.4. The molecular formula is C15H20ClNO2. The van der Waals surface area contributed by atoms with Gasteiger partial charge in [-0.3, -0.25) is 4.79 Å². The summed E-state index contributed by atoms with van der Waals surface area (Å²) in [4.78, 5) is 12.4. The number of nitrogens with one attached hydrogen (secondary N) is 1. The Morgan fingerprint density at radius 1 is 1.42 bits per heavy atom. The Morgan fingerprint density at radius 2 is 2.05 bits per heavy atom. The van der Waals surface area contributed by atoms with Gasteiger partial charge in [-0.1, -0.05) is 29.8 Å². The molecule has 1 aromatic rings. The SMILES string of the molecule is COCC(C)(C)C(=O)NC1(c2ccccc2Cl)CC1. The molecule has 0 radical (unpaired) electrons. The minimum absolute atomic E-state index is 0.00627. The van der Waals surface area contributed by atoms with Gasteiger partial charge in [-0.2, -0.15) is 0 Å². The Labute approximate surface area is 119 Å². The van der Waals surface area contributed by atoms with E-state index in [-0.39, 0.29) is 11.4 Å². The van der Waals surface area contributed by atoms with Gasteiger partial charge in [-0.25, -0.2) is 0 Å². The number of amides is 1. The van der Waals surface area contributed by atoms with E-state index >= 15 is 0 Å². The molecule has 1 N–H and O–H groups in total. The molecule has 0 unspecified atom stereocenters. The molecule has 0 saturated heterocycles. The van der Waals surface area contributed by atoms with Gasteiger partial charge in [0.15, 0.2) is 0 Å². The minimum Gasteiger partial charge on any atom is -0.384 e. The molecule has 0 atom stereocenters. The van der Waals surface area contributed by atoms with Gasteiger partial charge in [0, 0.05) is 12.1 Å². The number of rotatable bonds is 5. The Bertz CT molecular complexity index is 481. The highest BCUT2D eigenvalue weighted by atomic mass is 35.5. The van der Waals surface area contributed by atoms with E-state index in [1.165, 1.54) is 0 Å². The standard InChI is InChI=1S/C15H20ClNO2/c1-14(2,10-19-3)13(18)17-15(8-9-15)11-6-4-5-7-12(11)16/h4-7H,8-10H2,1-3H3,(H,17,18). The first kappa shape index (κ1) is 14.4. The Hall–Kier alpha value is -1.06. The van der Waals surface area contributed by atoms with Crippen LogP contribution in [0.25, 0.3) is 0 Å². The average molecular weight is 282 g/mol. The van der Waals surface area contributed by atoms with Crippen molar-refractivity contribution >= 4 is 17.5 Å². The molecule has 2 rings (SSSR count). The molecule has 1 amide bonds. The number of carbonyl (C=O) groups is 1. The number of hydrogen-bond acceptors (Lipinski definition) is 2. The van der Waals surface area contributed by atoms with E-state index < -0.39 is 5.41 Å². The minimum atomic E-state index is -0.536. The molecule has 0 bridgehead atoms. The second-order valence-electron chi connectivity index (χ2n) is 5.83. The highest BCUT2D eigenvalue weighted by molar-refractivity contribution is 6.31. The highest BCUT2D eigenvalue weighted by Gasteiger charge is 2.48. The molecule has 1 fully saturated rings. The summed E-state index contributed by atoms with van der Waals surface area (Å²) in [6.07, 6.45) is 1.87. The number of methoxy groups -OCH3 is 1. The van der Waals surface area contributed by atoms with Crippen molar-refractivity contribution in [1.29, 1.82) is 0 Å². The van der Waals surface area contributed by atoms with Gasteiger partial charge >= 0.3 is 0 Å². The van der Waals surface area contributed by atoms with Gasteiger partial charge in [-0.05, 0) is 38.3 Å². The van der Waals surface area contributed by atoms with Crippen LogP contribution in [0.1, 0.15) is 32.3 Å². The van der Waals surface area contributed by atoms with E-state index in [0.29, 0.717) is 11.6 Å². The van der Waals surface area contributed by atoms with Crippen molar-refractivity contribution in [2.24, 2.45) is 5.41 Å². The van der Waals surface area contributed by atoms with Crippen LogP contribution in [-0.2, 0) is 15.1 Å². The van der Waals surface area contributed by atoms with Crippen LogP contribution in [0.3, 0.4) is 0 Å². The van der Waals surface area contributed by atoms with Crippen LogP contribution in [0.4, 0.5) is 0 Å². The summed E-state index contributed by atoms with van der Waals surface area (Å²) in [5, 5.41) is 3.86. The number of carbonyl (C=O) groups excluding carboxylic acids is 1. The smallest absolute Gasteiger partial charge is 0.228 e. The van der Waals surface area contributed by atoms with Crippen molar-refractivity contribution in [2.75, 3.05) is 13.7 Å². The summed E-state index contributed by atoms with van der Waals surface area (Å²) in [6.45, 7) is 4.17. The molecule has 104 valence electrons. The highest BCUT2D eigenvalue weighted by Crippen LogP contribution is 2.48. The first-order valence-corrected chi connectivity index (χ1v) is 6.86. The maximum atomic E-state index is 12.4. The van der Waals surface area contributed by atoms with Crippen LogP contribution in [-0.4, -0.2) is 19.6 Å². The maximum absolute atomic E-state index is 12.4. The number of halogens is 1. The molecule has 3 nitrogen and oxygen atoms in total. The van der Waals surface area contributed by atoms with Gasteiger partial charge in [0.05, 0.1) is 17.6 Å². The van der Waals surface area contributed by atoms with Crippen LogP contribution in [0.5, 0.6) is 0 Å². The molecular weight excluding hydrogens is 262 g/mol. The van der Waals surface area contributed by atoms with Crippen LogP contribution in [0, 0.1) is 5.41 Å². The van der Waals surface area contributed by atoms with Crippen LogP contribution < -0.4 is 5.32 Å². The molecule has 1 aliphatic carbocycles. The summed E-state index contributed by atoms with van der Waals surface area (Å²) in [5.41, 5.74) is 0.199. The first-order chi connectivity index (χ1) is 8.91. The lowest BCUT2D eigenvalue weighted by Gasteiger charge is -2.27. The lowest BCUT2D eigenvalue weighted by atomic mass is 9.92. The Balaban J connectivity index is 2.15. The van der Waals surface area contributed by atoms with E-state index in [1.807, 2.05) is 38.1 Å². The first-order valence-electron chi connectivity index (χ1n) is 6.48. The fraction of sp³-hybridized carbons (Fsp3) is 0.533. The van der Waals surface area contributed by atoms with Crippen LogP contribution >= 0.6 is 11.6 Å². The van der Waals surface area contributed by atoms with Crippen molar-refractivity contribution in [1.82, 2.24) is 5.32 Å². The van der Waals surface area contributed by atoms with E-state index in [2.05, 4.69) is 5.32 Å². The Kier molecular flexibility index (Phi) is 3.88. The summed E-state index contributed by atoms with van der Waals surface area (Å²) in [6, 6.07) is 7.70. The third-order valence-electron chi connectivity index (χ3n) is 3.61. The fourth-order valence-corrected chi connectivity index (χ4v) is 2.57. The summed E-state index contributed by atoms with van der Waals surface area (Å²) >= 11 is 6.23. The quantitative estimate of drug-likeness (QED) is 0.900. The average Bonchev–Trinajstić information content (AvgIpc) is 3.10. The summed E-state index contributed by atoms with van der Waals surface area (Å²) in [7, 11) is 1.61. The van der Waals surface area contributed by atoms with Gasteiger partial charge in [-0.15, -0.1) is 0 Å². The second-order valence-corrected chi connectivity index (χ2v) is 6.24. The summed E-state index contributed by atoms with van der Waals surface area (Å²) in [5.74, 6) is 0.00627. The van der Waals surface area contributed by atoms with Gasteiger partial charge < -0.3 is 10.1 Å². The van der Waals surface area contributed by atoms with Gasteiger partial charge in [0.2, 0.25) is 5.91 Å². The van der Waals surface area contributed by atoms with Crippen LogP contribution in [0.2, 0.25) is 5.02 Å². The molecule has 4 heteroatoms. The van der Waals surface area contributed by atoms with Gasteiger partial charge in [0.25, 0.3) is 0 Å². The van der Waals surface area contributed by atoms with E-state index in [1.54, 1.807) is 7.11 Å². The van der Waals surface area contributed by atoms with Gasteiger partial charge in [0.1, 0.15) is 0 Å². The topological polar surface area (TPSA) is 38.3 Å². The zero-order valence-electron chi connectivity index (χ0n) is 11.6. The fourth-order valence-electron chi connectivity index (χ4n) is 2.25. The third-order valence-corrected chi connectivity index (χ3v) is 3.94. The van der Waals surface area contributed by atoms with E-state index in [0.717, 1.165) is 18.4 Å². The van der Waals surface area contributed by atoms with E-state index in [4.69, 9.17) is 16.3 Å².